The van der Waals surface area contributed by atoms with Gasteiger partial charge in [-0.3, -0.25) is 9.69 Å². The van der Waals surface area contributed by atoms with Gasteiger partial charge in [-0.25, -0.2) is 0 Å². The van der Waals surface area contributed by atoms with Gasteiger partial charge in [0, 0.05) is 10.0 Å². The Morgan fingerprint density at radius 3 is 2.41 bits per heavy atom. The summed E-state index contributed by atoms with van der Waals surface area (Å²) in [6.07, 6.45) is 1.79. The van der Waals surface area contributed by atoms with E-state index in [9.17, 15) is 4.79 Å². The van der Waals surface area contributed by atoms with E-state index in [0.29, 0.717) is 42.3 Å². The number of carbonyl (C=O) groups excluding carboxylic acids is 1. The van der Waals surface area contributed by atoms with Crippen LogP contribution in [0.1, 0.15) is 11.1 Å². The molecule has 3 nitrogen and oxygen atoms in total. The molecule has 0 spiro atoms. The molecule has 162 valence electrons. The smallest absolute Gasteiger partial charge is 0.270 e. The lowest BCUT2D eigenvalue weighted by molar-refractivity contribution is -0.113. The first-order valence-electron chi connectivity index (χ1n) is 9.21. The molecule has 1 saturated heterocycles. The minimum absolute atomic E-state index is 0.233. The molecule has 1 amide bonds. The lowest BCUT2D eigenvalue weighted by Gasteiger charge is -2.16. The molecule has 4 rings (SSSR count). The molecule has 0 atom stereocenters. The molecule has 0 unspecified atom stereocenters. The summed E-state index contributed by atoms with van der Waals surface area (Å²) in [5.74, 6) is 0.459. The van der Waals surface area contributed by atoms with Gasteiger partial charge in [0.1, 0.15) is 12.4 Å². The quantitative estimate of drug-likeness (QED) is 0.222. The van der Waals surface area contributed by atoms with E-state index < -0.39 is 0 Å². The van der Waals surface area contributed by atoms with Crippen LogP contribution in [0.2, 0.25) is 15.1 Å². The fraction of sp³-hybridized carbons (Fsp3) is 0.0435. The lowest BCUT2D eigenvalue weighted by Crippen LogP contribution is -2.27. The van der Waals surface area contributed by atoms with Crippen LogP contribution < -0.4 is 9.64 Å². The van der Waals surface area contributed by atoms with Crippen LogP contribution in [0.3, 0.4) is 0 Å². The predicted octanol–water partition coefficient (Wildman–Crippen LogP) is 8.39. The van der Waals surface area contributed by atoms with Gasteiger partial charge in [0.15, 0.2) is 4.32 Å². The number of carbonyl (C=O) groups is 1. The molecule has 0 radical (unpaired) electrons. The van der Waals surface area contributed by atoms with E-state index in [1.807, 2.05) is 42.5 Å². The fourth-order valence-electron chi connectivity index (χ4n) is 2.96. The van der Waals surface area contributed by atoms with Gasteiger partial charge in [-0.15, -0.1) is 0 Å². The Labute approximate surface area is 218 Å². The van der Waals surface area contributed by atoms with Crippen molar-refractivity contribution in [2.45, 2.75) is 6.61 Å². The molecule has 0 N–H and O–H groups in total. The first-order chi connectivity index (χ1) is 15.3. The summed E-state index contributed by atoms with van der Waals surface area (Å²) in [6.45, 7) is 0.412. The summed E-state index contributed by atoms with van der Waals surface area (Å²) in [4.78, 5) is 14.9. The van der Waals surface area contributed by atoms with Crippen LogP contribution in [0.25, 0.3) is 6.08 Å². The highest BCUT2D eigenvalue weighted by molar-refractivity contribution is 9.10. The Balaban J connectivity index is 1.51. The number of hydrogen-bond donors (Lipinski definition) is 0. The van der Waals surface area contributed by atoms with Gasteiger partial charge in [0.05, 0.1) is 20.1 Å². The van der Waals surface area contributed by atoms with E-state index in [-0.39, 0.29) is 5.91 Å². The number of benzene rings is 3. The summed E-state index contributed by atoms with van der Waals surface area (Å²) in [6, 6.07) is 18.0. The molecular weight excluding hydrogens is 573 g/mol. The summed E-state index contributed by atoms with van der Waals surface area (Å²) in [5.41, 5.74) is 2.35. The molecule has 1 aliphatic heterocycles. The second kappa shape index (κ2) is 10.2. The molecule has 9 heteroatoms. The van der Waals surface area contributed by atoms with Gasteiger partial charge in [-0.2, -0.15) is 0 Å². The van der Waals surface area contributed by atoms with Crippen molar-refractivity contribution in [3.63, 3.8) is 0 Å². The highest BCUT2D eigenvalue weighted by Gasteiger charge is 2.34. The summed E-state index contributed by atoms with van der Waals surface area (Å²) in [7, 11) is 0. The van der Waals surface area contributed by atoms with Crippen molar-refractivity contribution >= 4 is 96.7 Å². The van der Waals surface area contributed by atoms with Crippen LogP contribution in [0.5, 0.6) is 5.75 Å². The zero-order valence-corrected chi connectivity index (χ0v) is 21.6. The minimum atomic E-state index is -0.233. The third-order valence-corrected chi connectivity index (χ3v) is 7.22. The molecule has 0 bridgehead atoms. The Bertz CT molecular complexity index is 1250. The second-order valence-corrected chi connectivity index (χ2v) is 10.5. The number of thiocarbonyl (C=S) groups is 1. The molecule has 3 aromatic carbocycles. The van der Waals surface area contributed by atoms with E-state index in [1.165, 1.54) is 16.7 Å². The Morgan fingerprint density at radius 1 is 1.00 bits per heavy atom. The molecule has 1 fully saturated rings. The molecule has 0 aliphatic carbocycles. The van der Waals surface area contributed by atoms with Crippen molar-refractivity contribution in [3.8, 4) is 5.75 Å². The number of nitrogens with zero attached hydrogens (tertiary/aromatic N) is 1. The minimum Gasteiger partial charge on any atom is -0.488 e. The summed E-state index contributed by atoms with van der Waals surface area (Å²) in [5, 5.41) is 1.53. The van der Waals surface area contributed by atoms with Crippen LogP contribution in [-0.2, 0) is 11.4 Å². The first-order valence-corrected chi connectivity index (χ1v) is 12.4. The normalized spacial score (nSPS) is 15.0. The Morgan fingerprint density at radius 2 is 1.72 bits per heavy atom. The predicted molar refractivity (Wildman–Crippen MR) is 142 cm³/mol. The Kier molecular flexibility index (Phi) is 7.50. The van der Waals surface area contributed by atoms with E-state index in [2.05, 4.69) is 15.9 Å². The van der Waals surface area contributed by atoms with Crippen molar-refractivity contribution < 1.29 is 9.53 Å². The maximum absolute atomic E-state index is 13.0. The lowest BCUT2D eigenvalue weighted by atomic mass is 10.2. The largest absolute Gasteiger partial charge is 0.488 e. The van der Waals surface area contributed by atoms with Crippen molar-refractivity contribution in [3.05, 3.63) is 96.2 Å². The highest BCUT2D eigenvalue weighted by atomic mass is 79.9. The van der Waals surface area contributed by atoms with Crippen molar-refractivity contribution in [2.24, 2.45) is 0 Å². The zero-order valence-electron chi connectivity index (χ0n) is 16.2. The molecular formula is C23H13BrCl3NO2S2. The van der Waals surface area contributed by atoms with Crippen LogP contribution >= 0.6 is 74.7 Å². The molecule has 32 heavy (non-hydrogen) atoms. The molecule has 1 aliphatic rings. The zero-order chi connectivity index (χ0) is 22.8. The molecule has 0 aromatic heterocycles. The standard InChI is InChI=1S/C23H13BrCl3NO2S2/c24-17-9-14(3-8-20(17)30-12-13-1-4-15(25)5-2-13)10-21-22(29)28(23(31)32-21)19-7-6-16(26)11-18(19)27/h1-11H,12H2/b21-10-. The average molecular weight is 586 g/mol. The van der Waals surface area contributed by atoms with E-state index in [0.717, 1.165) is 15.6 Å². The fourth-order valence-corrected chi connectivity index (χ4v) is 5.37. The molecule has 1 heterocycles. The van der Waals surface area contributed by atoms with Gasteiger partial charge in [-0.05, 0) is 75.6 Å². The van der Waals surface area contributed by atoms with Crippen molar-refractivity contribution in [1.82, 2.24) is 0 Å². The van der Waals surface area contributed by atoms with Gasteiger partial charge in [-0.1, -0.05) is 77.0 Å². The number of halogens is 4. The SMILES string of the molecule is O=C1/C(=C/c2ccc(OCc3ccc(Cl)cc3)c(Br)c2)SC(=S)N1c1ccc(Cl)cc1Cl. The Hall–Kier alpha value is -1.54. The van der Waals surface area contributed by atoms with E-state index in [4.69, 9.17) is 51.8 Å². The molecule has 0 saturated carbocycles. The highest BCUT2D eigenvalue weighted by Crippen LogP contribution is 2.40. The van der Waals surface area contributed by atoms with E-state index >= 15 is 0 Å². The number of amides is 1. The number of anilines is 1. The first kappa shape index (κ1) is 23.6. The third-order valence-electron chi connectivity index (χ3n) is 4.51. The number of hydrogen-bond acceptors (Lipinski definition) is 4. The average Bonchev–Trinajstić information content (AvgIpc) is 3.02. The monoisotopic (exact) mass is 583 g/mol. The molecule has 3 aromatic rings. The number of ether oxygens (including phenoxy) is 1. The van der Waals surface area contributed by atoms with E-state index in [1.54, 1.807) is 24.3 Å². The maximum Gasteiger partial charge on any atom is 0.270 e. The van der Waals surface area contributed by atoms with Crippen LogP contribution in [0.15, 0.2) is 70.0 Å². The van der Waals surface area contributed by atoms with Gasteiger partial charge in [0.2, 0.25) is 0 Å². The second-order valence-electron chi connectivity index (χ2n) is 6.72. The van der Waals surface area contributed by atoms with Gasteiger partial charge >= 0.3 is 0 Å². The topological polar surface area (TPSA) is 29.5 Å². The number of rotatable bonds is 5. The van der Waals surface area contributed by atoms with Crippen LogP contribution in [0.4, 0.5) is 5.69 Å². The van der Waals surface area contributed by atoms with Crippen molar-refractivity contribution in [2.75, 3.05) is 4.90 Å². The summed E-state index contributed by atoms with van der Waals surface area (Å²) >= 11 is 28.3. The van der Waals surface area contributed by atoms with Crippen LogP contribution in [0, 0.1) is 0 Å². The van der Waals surface area contributed by atoms with Crippen molar-refractivity contribution in [1.29, 1.82) is 0 Å². The number of thioether (sulfide) groups is 1. The van der Waals surface area contributed by atoms with Crippen LogP contribution in [-0.4, -0.2) is 10.2 Å². The maximum atomic E-state index is 13.0. The van der Waals surface area contributed by atoms with Gasteiger partial charge in [0.25, 0.3) is 5.91 Å². The van der Waals surface area contributed by atoms with Gasteiger partial charge < -0.3 is 4.74 Å². The third kappa shape index (κ3) is 5.33. The summed E-state index contributed by atoms with van der Waals surface area (Å²) < 4.78 is 7.07.